The van der Waals surface area contributed by atoms with Crippen LogP contribution in [0.2, 0.25) is 10.0 Å². The molecule has 4 aromatic carbocycles. The quantitative estimate of drug-likeness (QED) is 0.208. The zero-order chi connectivity index (χ0) is 26.6. The number of hydrogen-bond donors (Lipinski definition) is 1. The summed E-state index contributed by atoms with van der Waals surface area (Å²) in [6.45, 7) is 0.239. The van der Waals surface area contributed by atoms with Gasteiger partial charge in [-0.1, -0.05) is 65.7 Å². The van der Waals surface area contributed by atoms with Gasteiger partial charge in [0.1, 0.15) is 35.5 Å². The highest BCUT2D eigenvalue weighted by Crippen LogP contribution is 2.44. The molecule has 4 aromatic rings. The minimum atomic E-state index is -0.509. The highest BCUT2D eigenvalue weighted by molar-refractivity contribution is 6.35. The predicted octanol–water partition coefficient (Wildman–Crippen LogP) is 7.01. The minimum Gasteiger partial charge on any atom is -0.489 e. The molecule has 8 heteroatoms. The van der Waals surface area contributed by atoms with Crippen molar-refractivity contribution in [2.45, 2.75) is 12.5 Å². The molecule has 188 valence electrons. The number of nitrogens with two attached hydrogens (primary N) is 1. The molecule has 0 aromatic heterocycles. The molecule has 2 N–H and O–H groups in total. The summed E-state index contributed by atoms with van der Waals surface area (Å²) in [4.78, 5) is 12.5. The van der Waals surface area contributed by atoms with Gasteiger partial charge in [0, 0.05) is 27.2 Å². The number of carbonyl (C=O) groups excluding carboxylic acids is 1. The first kappa shape index (κ1) is 25.2. The van der Waals surface area contributed by atoms with Crippen molar-refractivity contribution < 1.29 is 19.0 Å². The van der Waals surface area contributed by atoms with Crippen LogP contribution in [0, 0.1) is 11.3 Å². The number of nitrogens with zero attached hydrogens (tertiary/aromatic N) is 1. The molecule has 0 saturated heterocycles. The summed E-state index contributed by atoms with van der Waals surface area (Å²) >= 11 is 12.3. The van der Waals surface area contributed by atoms with E-state index in [1.54, 1.807) is 54.6 Å². The summed E-state index contributed by atoms with van der Waals surface area (Å²) in [6.07, 6.45) is 0. The van der Waals surface area contributed by atoms with Crippen molar-refractivity contribution in [2.75, 3.05) is 0 Å². The minimum absolute atomic E-state index is 0.0178. The summed E-state index contributed by atoms with van der Waals surface area (Å²) < 4.78 is 17.3. The van der Waals surface area contributed by atoms with E-state index in [-0.39, 0.29) is 18.1 Å². The average Bonchev–Trinajstić information content (AvgIpc) is 2.92. The molecule has 0 saturated carbocycles. The van der Waals surface area contributed by atoms with Crippen LogP contribution < -0.4 is 19.9 Å². The van der Waals surface area contributed by atoms with E-state index in [0.717, 1.165) is 11.1 Å². The fraction of sp³-hybridized carbons (Fsp3) is 0.0667. The smallest absolute Gasteiger partial charge is 0.343 e. The molecular formula is C30H20Cl2N2O4. The second-order valence-electron chi connectivity index (χ2n) is 8.48. The summed E-state index contributed by atoms with van der Waals surface area (Å²) in [7, 11) is 0. The van der Waals surface area contributed by atoms with E-state index >= 15 is 0 Å². The fourth-order valence-electron chi connectivity index (χ4n) is 4.17. The Hall–Kier alpha value is -4.44. The molecule has 5 rings (SSSR count). The second kappa shape index (κ2) is 10.9. The van der Waals surface area contributed by atoms with Crippen LogP contribution in [0.4, 0.5) is 0 Å². The van der Waals surface area contributed by atoms with Crippen molar-refractivity contribution in [1.82, 2.24) is 0 Å². The molecule has 1 unspecified atom stereocenters. The van der Waals surface area contributed by atoms with Gasteiger partial charge in [0.25, 0.3) is 0 Å². The van der Waals surface area contributed by atoms with Crippen molar-refractivity contribution in [3.63, 3.8) is 0 Å². The van der Waals surface area contributed by atoms with Gasteiger partial charge in [0.05, 0.1) is 11.5 Å². The monoisotopic (exact) mass is 542 g/mol. The molecule has 0 bridgehead atoms. The molecule has 0 fully saturated rings. The first-order valence-electron chi connectivity index (χ1n) is 11.6. The molecule has 0 aliphatic carbocycles. The number of esters is 1. The van der Waals surface area contributed by atoms with Crippen molar-refractivity contribution in [2.24, 2.45) is 5.73 Å². The Labute approximate surface area is 229 Å². The molecule has 38 heavy (non-hydrogen) atoms. The third kappa shape index (κ3) is 5.30. The Morgan fingerprint density at radius 3 is 2.53 bits per heavy atom. The lowest BCUT2D eigenvalue weighted by Crippen LogP contribution is -2.21. The average molecular weight is 543 g/mol. The molecule has 6 nitrogen and oxygen atoms in total. The Bertz CT molecular complexity index is 1600. The van der Waals surface area contributed by atoms with Gasteiger partial charge in [-0.25, -0.2) is 4.79 Å². The van der Waals surface area contributed by atoms with E-state index in [1.165, 1.54) is 0 Å². The largest absolute Gasteiger partial charge is 0.489 e. The Balaban J connectivity index is 1.42. The number of benzene rings is 4. The second-order valence-corrected chi connectivity index (χ2v) is 9.32. The van der Waals surface area contributed by atoms with Crippen LogP contribution in [0.1, 0.15) is 33.0 Å². The molecule has 1 aliphatic rings. The number of nitriles is 1. The van der Waals surface area contributed by atoms with E-state index < -0.39 is 11.9 Å². The van der Waals surface area contributed by atoms with E-state index in [2.05, 4.69) is 6.07 Å². The molecule has 0 radical (unpaired) electrons. The maximum absolute atomic E-state index is 12.5. The van der Waals surface area contributed by atoms with Crippen molar-refractivity contribution in [3.05, 3.63) is 135 Å². The van der Waals surface area contributed by atoms with Gasteiger partial charge >= 0.3 is 5.97 Å². The lowest BCUT2D eigenvalue weighted by molar-refractivity contribution is 0.0734. The molecule has 1 atom stereocenters. The maximum atomic E-state index is 12.5. The first-order chi connectivity index (χ1) is 18.4. The van der Waals surface area contributed by atoms with Crippen LogP contribution in [-0.4, -0.2) is 5.97 Å². The molecule has 1 aliphatic heterocycles. The van der Waals surface area contributed by atoms with Crippen molar-refractivity contribution in [3.8, 4) is 23.3 Å². The van der Waals surface area contributed by atoms with Crippen molar-refractivity contribution >= 4 is 29.2 Å². The number of ether oxygens (including phenoxy) is 3. The lowest BCUT2D eigenvalue weighted by atomic mass is 9.83. The summed E-state index contributed by atoms with van der Waals surface area (Å²) in [5.41, 5.74) is 9.11. The zero-order valence-corrected chi connectivity index (χ0v) is 21.4. The van der Waals surface area contributed by atoms with Crippen LogP contribution in [0.15, 0.2) is 102 Å². The zero-order valence-electron chi connectivity index (χ0n) is 19.9. The number of fused-ring (bicyclic) bond motifs is 1. The molecule has 0 spiro atoms. The topological polar surface area (TPSA) is 94.6 Å². The van der Waals surface area contributed by atoms with Gasteiger partial charge < -0.3 is 19.9 Å². The standard InChI is InChI=1S/C30H20Cl2N2O4/c31-21-10-9-20(26(32)14-21)17-36-22-8-4-7-19(13-22)28-24-12-11-23(15-27(24)38-29(34)25(28)16-33)37-30(35)18-5-2-1-3-6-18/h1-15,28H,17,34H2. The molecular weight excluding hydrogens is 523 g/mol. The van der Waals surface area contributed by atoms with Gasteiger partial charge in [-0.3, -0.25) is 0 Å². The number of allylic oxidation sites excluding steroid dienone is 1. The summed E-state index contributed by atoms with van der Waals surface area (Å²) in [6, 6.07) is 28.5. The number of carbonyl (C=O) groups is 1. The van der Waals surface area contributed by atoms with Crippen LogP contribution >= 0.6 is 23.2 Å². The number of hydrogen-bond acceptors (Lipinski definition) is 6. The Kier molecular flexibility index (Phi) is 7.23. The fourth-order valence-corrected chi connectivity index (χ4v) is 4.63. The third-order valence-corrected chi connectivity index (χ3v) is 6.60. The van der Waals surface area contributed by atoms with E-state index in [4.69, 9.17) is 43.1 Å². The Morgan fingerprint density at radius 1 is 0.947 bits per heavy atom. The summed E-state index contributed by atoms with van der Waals surface area (Å²) in [5, 5.41) is 11.0. The van der Waals surface area contributed by atoms with Crippen LogP contribution in [-0.2, 0) is 6.61 Å². The van der Waals surface area contributed by atoms with Crippen LogP contribution in [0.3, 0.4) is 0 Å². The lowest BCUT2D eigenvalue weighted by Gasteiger charge is -2.27. The van der Waals surface area contributed by atoms with Gasteiger partial charge in [-0.2, -0.15) is 5.26 Å². The van der Waals surface area contributed by atoms with E-state index in [9.17, 15) is 10.1 Å². The molecule has 1 heterocycles. The number of halogens is 2. The van der Waals surface area contributed by atoms with E-state index in [0.29, 0.717) is 38.4 Å². The SMILES string of the molecule is N#CC1=C(N)Oc2cc(OC(=O)c3ccccc3)ccc2C1c1cccc(OCc2ccc(Cl)cc2Cl)c1. The molecule has 0 amide bonds. The van der Waals surface area contributed by atoms with E-state index in [1.807, 2.05) is 36.4 Å². The highest BCUT2D eigenvalue weighted by atomic mass is 35.5. The third-order valence-electron chi connectivity index (χ3n) is 6.01. The van der Waals surface area contributed by atoms with Gasteiger partial charge in [-0.05, 0) is 48.0 Å². The van der Waals surface area contributed by atoms with Gasteiger partial charge in [-0.15, -0.1) is 0 Å². The van der Waals surface area contributed by atoms with Crippen molar-refractivity contribution in [1.29, 1.82) is 5.26 Å². The van der Waals surface area contributed by atoms with Crippen LogP contribution in [0.5, 0.6) is 17.2 Å². The number of rotatable bonds is 6. The van der Waals surface area contributed by atoms with Crippen LogP contribution in [0.25, 0.3) is 0 Å². The normalized spacial score (nSPS) is 14.2. The first-order valence-corrected chi connectivity index (χ1v) is 12.3. The van der Waals surface area contributed by atoms with Gasteiger partial charge in [0.15, 0.2) is 0 Å². The highest BCUT2D eigenvalue weighted by Gasteiger charge is 2.31. The Morgan fingerprint density at radius 2 is 1.76 bits per heavy atom. The summed E-state index contributed by atoms with van der Waals surface area (Å²) in [5.74, 6) is 0.252. The van der Waals surface area contributed by atoms with Gasteiger partial charge in [0.2, 0.25) is 5.88 Å². The predicted molar refractivity (Wildman–Crippen MR) is 144 cm³/mol. The maximum Gasteiger partial charge on any atom is 0.343 e.